The minimum atomic E-state index is -0.456. The van der Waals surface area contributed by atoms with E-state index in [-0.39, 0.29) is 0 Å². The number of benzene rings is 1. The topological polar surface area (TPSA) is 92.1 Å². The summed E-state index contributed by atoms with van der Waals surface area (Å²) >= 11 is 0. The van der Waals surface area contributed by atoms with Crippen molar-refractivity contribution in [2.45, 2.75) is 75.7 Å². The molecular formula is C22H38N2O4+2. The molecule has 0 aromatic heterocycles. The van der Waals surface area contributed by atoms with E-state index < -0.39 is 12.2 Å². The molecule has 6 N–H and O–H groups in total. The maximum atomic E-state index is 10.1. The first kappa shape index (κ1) is 21.4. The van der Waals surface area contributed by atoms with Crippen LogP contribution in [0.1, 0.15) is 51.4 Å². The maximum Gasteiger partial charge on any atom is 0.137 e. The van der Waals surface area contributed by atoms with Crippen LogP contribution in [0.5, 0.6) is 11.5 Å². The molecule has 3 rings (SSSR count). The third-order valence-corrected chi connectivity index (χ3v) is 5.99. The first-order valence-electron chi connectivity index (χ1n) is 11.1. The van der Waals surface area contributed by atoms with Crippen molar-refractivity contribution < 1.29 is 30.3 Å². The molecule has 2 aliphatic carbocycles. The monoisotopic (exact) mass is 394 g/mol. The van der Waals surface area contributed by atoms with Gasteiger partial charge in [0.1, 0.15) is 50.0 Å². The SMILES string of the molecule is O[C@H](C[NH2+]C1CCCC1)COc1ccc(OC[C@H](O)C[NH2+]C2CCCC2)cc1. The van der Waals surface area contributed by atoms with Gasteiger partial charge in [0, 0.05) is 0 Å². The highest BCUT2D eigenvalue weighted by Gasteiger charge is 2.20. The molecule has 0 heterocycles. The van der Waals surface area contributed by atoms with E-state index >= 15 is 0 Å². The predicted octanol–water partition coefficient (Wildman–Crippen LogP) is 0.178. The molecule has 2 atom stereocenters. The van der Waals surface area contributed by atoms with Crippen LogP contribution in [0, 0.1) is 0 Å². The summed E-state index contributed by atoms with van der Waals surface area (Å²) in [4.78, 5) is 0. The van der Waals surface area contributed by atoms with E-state index in [0.717, 1.165) is 11.5 Å². The lowest BCUT2D eigenvalue weighted by Crippen LogP contribution is -2.91. The molecule has 2 fully saturated rings. The summed E-state index contributed by atoms with van der Waals surface area (Å²) in [5.41, 5.74) is 0. The van der Waals surface area contributed by atoms with Crippen molar-refractivity contribution in [2.75, 3.05) is 26.3 Å². The lowest BCUT2D eigenvalue weighted by atomic mass is 10.2. The van der Waals surface area contributed by atoms with Crippen molar-refractivity contribution in [1.29, 1.82) is 0 Å². The van der Waals surface area contributed by atoms with Crippen LogP contribution in [0.15, 0.2) is 24.3 Å². The van der Waals surface area contributed by atoms with Gasteiger partial charge in [0.25, 0.3) is 0 Å². The highest BCUT2D eigenvalue weighted by Crippen LogP contribution is 2.18. The number of quaternary nitrogens is 2. The Kier molecular flexibility index (Phi) is 8.86. The zero-order valence-electron chi connectivity index (χ0n) is 17.0. The average molecular weight is 395 g/mol. The summed E-state index contributed by atoms with van der Waals surface area (Å²) in [5, 5.41) is 24.7. The highest BCUT2D eigenvalue weighted by molar-refractivity contribution is 5.31. The molecule has 0 saturated heterocycles. The van der Waals surface area contributed by atoms with Gasteiger partial charge in [0.15, 0.2) is 0 Å². The fraction of sp³-hybridized carbons (Fsp3) is 0.727. The molecule has 0 amide bonds. The summed E-state index contributed by atoms with van der Waals surface area (Å²) in [5.74, 6) is 1.45. The zero-order chi connectivity index (χ0) is 19.6. The molecule has 158 valence electrons. The van der Waals surface area contributed by atoms with Crippen LogP contribution in [-0.2, 0) is 0 Å². The van der Waals surface area contributed by atoms with Gasteiger partial charge < -0.3 is 30.3 Å². The van der Waals surface area contributed by atoms with Gasteiger partial charge in [-0.2, -0.15) is 0 Å². The molecule has 2 saturated carbocycles. The van der Waals surface area contributed by atoms with E-state index in [1.807, 2.05) is 24.3 Å². The first-order chi connectivity index (χ1) is 13.7. The Morgan fingerprint density at radius 3 is 1.43 bits per heavy atom. The number of ether oxygens (including phenoxy) is 2. The fourth-order valence-electron chi connectivity index (χ4n) is 4.24. The lowest BCUT2D eigenvalue weighted by Gasteiger charge is -2.15. The first-order valence-corrected chi connectivity index (χ1v) is 11.1. The van der Waals surface area contributed by atoms with Crippen LogP contribution >= 0.6 is 0 Å². The van der Waals surface area contributed by atoms with Gasteiger partial charge in [0.2, 0.25) is 0 Å². The minimum Gasteiger partial charge on any atom is -0.491 e. The molecule has 0 bridgehead atoms. The Balaban J connectivity index is 1.28. The van der Waals surface area contributed by atoms with Crippen LogP contribution in [0.3, 0.4) is 0 Å². The van der Waals surface area contributed by atoms with Crippen LogP contribution in [0.2, 0.25) is 0 Å². The highest BCUT2D eigenvalue weighted by atomic mass is 16.5. The number of aliphatic hydroxyl groups excluding tert-OH is 2. The number of aliphatic hydroxyl groups is 2. The van der Waals surface area contributed by atoms with Crippen molar-refractivity contribution >= 4 is 0 Å². The van der Waals surface area contributed by atoms with Gasteiger partial charge in [-0.1, -0.05) is 0 Å². The Morgan fingerprint density at radius 2 is 1.07 bits per heavy atom. The van der Waals surface area contributed by atoms with Crippen molar-refractivity contribution in [3.63, 3.8) is 0 Å². The molecule has 0 unspecified atom stereocenters. The molecular weight excluding hydrogens is 356 g/mol. The summed E-state index contributed by atoms with van der Waals surface area (Å²) in [7, 11) is 0. The van der Waals surface area contributed by atoms with Crippen LogP contribution < -0.4 is 20.1 Å². The Morgan fingerprint density at radius 1 is 0.714 bits per heavy atom. The quantitative estimate of drug-likeness (QED) is 0.407. The smallest absolute Gasteiger partial charge is 0.137 e. The maximum absolute atomic E-state index is 10.1. The number of hydrogen-bond acceptors (Lipinski definition) is 4. The molecule has 28 heavy (non-hydrogen) atoms. The summed E-state index contributed by atoms with van der Waals surface area (Å²) in [6.45, 7) is 2.00. The summed E-state index contributed by atoms with van der Waals surface area (Å²) in [6, 6.07) is 8.74. The second-order valence-corrected chi connectivity index (χ2v) is 8.43. The van der Waals surface area contributed by atoms with Crippen molar-refractivity contribution in [2.24, 2.45) is 0 Å². The molecule has 0 radical (unpaired) electrons. The fourth-order valence-corrected chi connectivity index (χ4v) is 4.24. The Hall–Kier alpha value is -1.34. The van der Waals surface area contributed by atoms with Crippen LogP contribution in [-0.4, -0.2) is 60.8 Å². The van der Waals surface area contributed by atoms with Crippen molar-refractivity contribution in [3.05, 3.63) is 24.3 Å². The second-order valence-electron chi connectivity index (χ2n) is 8.43. The molecule has 1 aromatic carbocycles. The van der Waals surface area contributed by atoms with Gasteiger partial charge in [-0.3, -0.25) is 0 Å². The van der Waals surface area contributed by atoms with E-state index in [2.05, 4.69) is 10.6 Å². The normalized spacial score (nSPS) is 20.4. The Labute approximate surface area is 168 Å². The minimum absolute atomic E-state index is 0.305. The van der Waals surface area contributed by atoms with Gasteiger partial charge >= 0.3 is 0 Å². The predicted molar refractivity (Wildman–Crippen MR) is 108 cm³/mol. The van der Waals surface area contributed by atoms with Gasteiger partial charge in [0.05, 0.1) is 12.1 Å². The molecule has 2 aliphatic rings. The molecule has 1 aromatic rings. The van der Waals surface area contributed by atoms with Gasteiger partial charge in [-0.15, -0.1) is 0 Å². The van der Waals surface area contributed by atoms with Crippen LogP contribution in [0.4, 0.5) is 0 Å². The third kappa shape index (κ3) is 7.59. The molecule has 0 aliphatic heterocycles. The number of hydrogen-bond donors (Lipinski definition) is 4. The standard InChI is InChI=1S/C22H36N2O4/c25-19(13-23-17-5-1-2-6-17)15-27-21-9-11-22(12-10-21)28-16-20(26)14-24-18-7-3-4-8-18/h9-12,17-20,23-26H,1-8,13-16H2/p+2/t19-,20-/m1/s1. The van der Waals surface area contributed by atoms with Crippen LogP contribution in [0.25, 0.3) is 0 Å². The van der Waals surface area contributed by atoms with Gasteiger partial charge in [-0.05, 0) is 75.6 Å². The molecule has 0 spiro atoms. The zero-order valence-corrected chi connectivity index (χ0v) is 17.0. The molecule has 6 heteroatoms. The average Bonchev–Trinajstić information content (AvgIpc) is 3.42. The second kappa shape index (κ2) is 11.6. The summed E-state index contributed by atoms with van der Waals surface area (Å²) < 4.78 is 11.4. The Bertz CT molecular complexity index is 493. The third-order valence-electron chi connectivity index (χ3n) is 5.99. The van der Waals surface area contributed by atoms with E-state index in [9.17, 15) is 10.2 Å². The van der Waals surface area contributed by atoms with Crippen molar-refractivity contribution in [3.8, 4) is 11.5 Å². The van der Waals surface area contributed by atoms with E-state index in [1.165, 1.54) is 51.4 Å². The van der Waals surface area contributed by atoms with E-state index in [4.69, 9.17) is 9.47 Å². The summed E-state index contributed by atoms with van der Waals surface area (Å²) in [6.07, 6.45) is 9.42. The molecule has 6 nitrogen and oxygen atoms in total. The number of nitrogens with two attached hydrogens (primary N) is 2. The van der Waals surface area contributed by atoms with E-state index in [1.54, 1.807) is 0 Å². The largest absolute Gasteiger partial charge is 0.491 e. The van der Waals surface area contributed by atoms with Crippen molar-refractivity contribution in [1.82, 2.24) is 0 Å². The van der Waals surface area contributed by atoms with Gasteiger partial charge in [-0.25, -0.2) is 0 Å². The lowest BCUT2D eigenvalue weighted by molar-refractivity contribution is -0.693. The van der Waals surface area contributed by atoms with E-state index in [0.29, 0.717) is 38.4 Å². The number of rotatable bonds is 12.